The summed E-state index contributed by atoms with van der Waals surface area (Å²) in [5.74, 6) is 2.70. The molecule has 1 heterocycles. The van der Waals surface area contributed by atoms with Crippen molar-refractivity contribution in [2.75, 3.05) is 38.5 Å². The third-order valence-corrected chi connectivity index (χ3v) is 3.23. The predicted octanol–water partition coefficient (Wildman–Crippen LogP) is 2.27. The number of hydrogen-bond acceptors (Lipinski definition) is 6. The molecule has 0 aliphatic heterocycles. The molecule has 1 aromatic carbocycles. The van der Waals surface area contributed by atoms with Crippen molar-refractivity contribution in [2.45, 2.75) is 13.8 Å². The summed E-state index contributed by atoms with van der Waals surface area (Å²) in [5.41, 5.74) is 3.10. The Morgan fingerprint density at radius 3 is 2.33 bits per heavy atom. The summed E-state index contributed by atoms with van der Waals surface area (Å²) in [7, 11) is 7.29. The molecule has 0 atom stereocenters. The number of ether oxygens (including phenoxy) is 1. The van der Waals surface area contributed by atoms with E-state index in [1.54, 1.807) is 14.2 Å². The molecule has 0 spiro atoms. The number of aromatic nitrogens is 3. The van der Waals surface area contributed by atoms with Crippen molar-refractivity contribution in [3.8, 4) is 17.1 Å². The maximum absolute atomic E-state index is 5.35. The van der Waals surface area contributed by atoms with E-state index < -0.39 is 0 Å². The van der Waals surface area contributed by atoms with Gasteiger partial charge < -0.3 is 15.0 Å². The van der Waals surface area contributed by atoms with Crippen molar-refractivity contribution in [1.82, 2.24) is 15.0 Å². The van der Waals surface area contributed by atoms with Crippen LogP contribution in [0.2, 0.25) is 0 Å². The number of hydrogen-bond donors (Lipinski definition) is 1. The lowest BCUT2D eigenvalue weighted by molar-refractivity contribution is 0.411. The van der Waals surface area contributed by atoms with E-state index in [0.717, 1.165) is 22.4 Å². The Kier molecular flexibility index (Phi) is 4.26. The minimum absolute atomic E-state index is 0.552. The highest BCUT2D eigenvalue weighted by Gasteiger charge is 2.13. The first kappa shape index (κ1) is 15.0. The first-order valence-electron chi connectivity index (χ1n) is 6.73. The number of benzene rings is 1. The van der Waals surface area contributed by atoms with Crippen molar-refractivity contribution in [2.24, 2.45) is 0 Å². The van der Waals surface area contributed by atoms with Gasteiger partial charge in [0.15, 0.2) is 5.82 Å². The third kappa shape index (κ3) is 3.04. The monoisotopic (exact) mass is 287 g/mol. The molecular weight excluding hydrogens is 266 g/mol. The summed E-state index contributed by atoms with van der Waals surface area (Å²) in [6.07, 6.45) is 0. The van der Waals surface area contributed by atoms with Crippen molar-refractivity contribution in [1.29, 1.82) is 0 Å². The van der Waals surface area contributed by atoms with Crippen LogP contribution in [0.3, 0.4) is 0 Å². The maximum atomic E-state index is 5.35. The Morgan fingerprint density at radius 1 is 1.05 bits per heavy atom. The second-order valence-corrected chi connectivity index (χ2v) is 5.06. The molecule has 1 N–H and O–H groups in total. The van der Waals surface area contributed by atoms with Crippen LogP contribution in [0.1, 0.15) is 11.1 Å². The summed E-state index contributed by atoms with van der Waals surface area (Å²) < 4.78 is 5.35. The van der Waals surface area contributed by atoms with Gasteiger partial charge in [0.05, 0.1) is 7.11 Å². The zero-order chi connectivity index (χ0) is 15.6. The lowest BCUT2D eigenvalue weighted by Gasteiger charge is -2.14. The van der Waals surface area contributed by atoms with Crippen LogP contribution in [-0.4, -0.2) is 43.2 Å². The summed E-state index contributed by atoms with van der Waals surface area (Å²) in [4.78, 5) is 15.2. The number of aryl methyl sites for hydroxylation is 2. The average Bonchev–Trinajstić information content (AvgIpc) is 2.48. The first-order chi connectivity index (χ1) is 9.96. The maximum Gasteiger partial charge on any atom is 0.230 e. The third-order valence-electron chi connectivity index (χ3n) is 3.23. The summed E-state index contributed by atoms with van der Waals surface area (Å²) in [6, 6.07) is 4.05. The smallest absolute Gasteiger partial charge is 0.230 e. The highest BCUT2D eigenvalue weighted by atomic mass is 16.5. The fourth-order valence-electron chi connectivity index (χ4n) is 2.05. The van der Waals surface area contributed by atoms with Gasteiger partial charge in [-0.05, 0) is 37.1 Å². The van der Waals surface area contributed by atoms with Gasteiger partial charge in [-0.15, -0.1) is 0 Å². The Morgan fingerprint density at radius 2 is 1.76 bits per heavy atom. The fourth-order valence-corrected chi connectivity index (χ4v) is 2.05. The highest BCUT2D eigenvalue weighted by Crippen LogP contribution is 2.29. The molecule has 112 valence electrons. The largest absolute Gasteiger partial charge is 0.496 e. The number of rotatable bonds is 4. The Labute approximate surface area is 125 Å². The second kappa shape index (κ2) is 5.95. The molecule has 0 aliphatic carbocycles. The zero-order valence-electron chi connectivity index (χ0n) is 13.4. The van der Waals surface area contributed by atoms with Gasteiger partial charge >= 0.3 is 0 Å². The Bertz CT molecular complexity index is 655. The van der Waals surface area contributed by atoms with Crippen molar-refractivity contribution < 1.29 is 4.74 Å². The van der Waals surface area contributed by atoms with Gasteiger partial charge in [-0.3, -0.25) is 0 Å². The fraction of sp³-hybridized carbons (Fsp3) is 0.400. The summed E-state index contributed by atoms with van der Waals surface area (Å²) >= 11 is 0. The van der Waals surface area contributed by atoms with Gasteiger partial charge in [-0.1, -0.05) is 0 Å². The molecule has 21 heavy (non-hydrogen) atoms. The number of nitrogens with zero attached hydrogens (tertiary/aromatic N) is 4. The molecule has 0 unspecified atom stereocenters. The standard InChI is InChI=1S/C15H21N5O/c1-9-8-12(21-6)10(2)7-11(9)13-17-14(16-3)19-15(18-13)20(4)5/h7-8H,1-6H3,(H,16,17,18,19). The molecule has 2 rings (SSSR count). The second-order valence-electron chi connectivity index (χ2n) is 5.06. The zero-order valence-corrected chi connectivity index (χ0v) is 13.4. The van der Waals surface area contributed by atoms with Crippen LogP contribution < -0.4 is 15.0 Å². The Balaban J connectivity index is 2.60. The van der Waals surface area contributed by atoms with Crippen LogP contribution >= 0.6 is 0 Å². The molecule has 0 radical (unpaired) electrons. The van der Waals surface area contributed by atoms with E-state index in [1.807, 2.05) is 45.0 Å². The van der Waals surface area contributed by atoms with Crippen LogP contribution in [0.15, 0.2) is 12.1 Å². The van der Waals surface area contributed by atoms with Crippen LogP contribution in [0, 0.1) is 13.8 Å². The molecule has 0 bridgehead atoms. The summed E-state index contributed by atoms with van der Waals surface area (Å²) in [5, 5.41) is 2.98. The van der Waals surface area contributed by atoms with E-state index >= 15 is 0 Å². The van der Waals surface area contributed by atoms with Crippen LogP contribution in [-0.2, 0) is 0 Å². The molecule has 2 aromatic rings. The van der Waals surface area contributed by atoms with Gasteiger partial charge in [0.25, 0.3) is 0 Å². The van der Waals surface area contributed by atoms with Crippen LogP contribution in [0.25, 0.3) is 11.4 Å². The van der Waals surface area contributed by atoms with Crippen molar-refractivity contribution >= 4 is 11.9 Å². The predicted molar refractivity (Wildman–Crippen MR) is 85.2 cm³/mol. The van der Waals surface area contributed by atoms with Gasteiger partial charge in [-0.2, -0.15) is 15.0 Å². The minimum atomic E-state index is 0.552. The van der Waals surface area contributed by atoms with Gasteiger partial charge in [0, 0.05) is 26.7 Å². The van der Waals surface area contributed by atoms with E-state index in [2.05, 4.69) is 20.3 Å². The topological polar surface area (TPSA) is 63.2 Å². The molecule has 0 saturated carbocycles. The molecule has 0 fully saturated rings. The summed E-state index contributed by atoms with van der Waals surface area (Å²) in [6.45, 7) is 4.03. The minimum Gasteiger partial charge on any atom is -0.496 e. The first-order valence-corrected chi connectivity index (χ1v) is 6.73. The quantitative estimate of drug-likeness (QED) is 0.930. The van der Waals surface area contributed by atoms with Gasteiger partial charge in [0.1, 0.15) is 5.75 Å². The number of anilines is 2. The normalized spacial score (nSPS) is 10.4. The average molecular weight is 287 g/mol. The molecule has 6 heteroatoms. The number of methoxy groups -OCH3 is 1. The molecule has 0 amide bonds. The lowest BCUT2D eigenvalue weighted by Crippen LogP contribution is -2.15. The van der Waals surface area contributed by atoms with Gasteiger partial charge in [0.2, 0.25) is 11.9 Å². The van der Waals surface area contributed by atoms with Crippen LogP contribution in [0.5, 0.6) is 5.75 Å². The van der Waals surface area contributed by atoms with Crippen LogP contribution in [0.4, 0.5) is 11.9 Å². The highest BCUT2D eigenvalue weighted by molar-refractivity contribution is 5.65. The van der Waals surface area contributed by atoms with Crippen molar-refractivity contribution in [3.05, 3.63) is 23.3 Å². The number of nitrogens with one attached hydrogen (secondary N) is 1. The van der Waals surface area contributed by atoms with E-state index in [-0.39, 0.29) is 0 Å². The van der Waals surface area contributed by atoms with E-state index in [0.29, 0.717) is 17.7 Å². The molecular formula is C15H21N5O. The molecule has 0 saturated heterocycles. The molecule has 0 aliphatic rings. The lowest BCUT2D eigenvalue weighted by atomic mass is 10.0. The SMILES string of the molecule is CNc1nc(-c2cc(C)c(OC)cc2C)nc(N(C)C)n1. The van der Waals surface area contributed by atoms with E-state index in [1.165, 1.54) is 0 Å². The molecule has 1 aromatic heterocycles. The van der Waals surface area contributed by atoms with Gasteiger partial charge in [-0.25, -0.2) is 0 Å². The van der Waals surface area contributed by atoms with E-state index in [4.69, 9.17) is 4.74 Å². The van der Waals surface area contributed by atoms with Crippen molar-refractivity contribution in [3.63, 3.8) is 0 Å². The van der Waals surface area contributed by atoms with E-state index in [9.17, 15) is 0 Å². The molecule has 6 nitrogen and oxygen atoms in total. The Hall–Kier alpha value is -2.37.